The Bertz CT molecular complexity index is 1060. The molecule has 0 aromatic heterocycles. The fourth-order valence-electron chi connectivity index (χ4n) is 6.29. The highest BCUT2D eigenvalue weighted by molar-refractivity contribution is 5.89. The van der Waals surface area contributed by atoms with Crippen LogP contribution in [0.4, 0.5) is 0 Å². The highest BCUT2D eigenvalue weighted by Crippen LogP contribution is 2.54. The number of piperidine rings is 1. The van der Waals surface area contributed by atoms with E-state index < -0.39 is 0 Å². The van der Waals surface area contributed by atoms with Crippen LogP contribution in [-0.4, -0.2) is 48.8 Å². The quantitative estimate of drug-likeness (QED) is 0.597. The Morgan fingerprint density at radius 1 is 0.867 bits per heavy atom. The first-order valence-electron chi connectivity index (χ1n) is 11.5. The van der Waals surface area contributed by atoms with E-state index in [0.717, 1.165) is 38.3 Å². The summed E-state index contributed by atoms with van der Waals surface area (Å²) in [6, 6.07) is 24.5. The van der Waals surface area contributed by atoms with Gasteiger partial charge in [0.25, 0.3) is 0 Å². The van der Waals surface area contributed by atoms with Crippen molar-refractivity contribution in [2.24, 2.45) is 5.92 Å². The van der Waals surface area contributed by atoms with Crippen molar-refractivity contribution in [3.63, 3.8) is 0 Å². The second kappa shape index (κ2) is 7.11. The van der Waals surface area contributed by atoms with Crippen LogP contribution in [0.15, 0.2) is 66.7 Å². The molecular weight excluding hydrogens is 368 g/mol. The third-order valence-corrected chi connectivity index (χ3v) is 7.67. The van der Waals surface area contributed by atoms with Gasteiger partial charge in [0.1, 0.15) is 5.75 Å². The van der Waals surface area contributed by atoms with E-state index in [1.807, 2.05) is 0 Å². The molecule has 0 aliphatic carbocycles. The van der Waals surface area contributed by atoms with Crippen molar-refractivity contribution < 1.29 is 4.74 Å². The van der Waals surface area contributed by atoms with Gasteiger partial charge < -0.3 is 9.64 Å². The lowest BCUT2D eigenvalue weighted by molar-refractivity contribution is -0.163. The van der Waals surface area contributed by atoms with Gasteiger partial charge >= 0.3 is 0 Å². The first kappa shape index (κ1) is 18.4. The van der Waals surface area contributed by atoms with Crippen LogP contribution in [0.1, 0.15) is 36.3 Å². The summed E-state index contributed by atoms with van der Waals surface area (Å²) in [5.41, 5.74) is 2.61. The topological polar surface area (TPSA) is 15.7 Å². The standard InChI is InChI=1S/C27H30N2O/c1-28-18-15-27(29-16-7-8-17-29)23(19-28)25(21-10-3-2-4-11-21)26-22-12-6-5-9-20(22)13-14-24(26)30-27/h2-6,9-14,23,25H,7-8,15-19H2,1H3. The lowest BCUT2D eigenvalue weighted by atomic mass is 9.68. The molecule has 2 saturated heterocycles. The molecule has 3 unspecified atom stereocenters. The fraction of sp³-hybridized carbons (Fsp3) is 0.407. The molecule has 3 aromatic carbocycles. The Morgan fingerprint density at radius 2 is 1.63 bits per heavy atom. The molecule has 3 heterocycles. The van der Waals surface area contributed by atoms with Crippen molar-refractivity contribution in [3.05, 3.63) is 77.9 Å². The number of likely N-dealkylation sites (tertiary alicyclic amines) is 2. The van der Waals surface area contributed by atoms with Crippen molar-refractivity contribution >= 4 is 10.8 Å². The summed E-state index contributed by atoms with van der Waals surface area (Å²) in [6.07, 6.45) is 3.65. The molecule has 3 nitrogen and oxygen atoms in total. The normalized spacial score (nSPS) is 29.4. The molecule has 6 rings (SSSR count). The smallest absolute Gasteiger partial charge is 0.169 e. The summed E-state index contributed by atoms with van der Waals surface area (Å²) in [4.78, 5) is 5.19. The van der Waals surface area contributed by atoms with Crippen molar-refractivity contribution in [2.45, 2.75) is 30.9 Å². The average molecular weight is 399 g/mol. The number of nitrogens with zero attached hydrogens (tertiary/aromatic N) is 2. The van der Waals surface area contributed by atoms with Gasteiger partial charge in [0.15, 0.2) is 5.72 Å². The Kier molecular flexibility index (Phi) is 4.36. The summed E-state index contributed by atoms with van der Waals surface area (Å²) < 4.78 is 7.11. The zero-order valence-electron chi connectivity index (χ0n) is 17.8. The van der Waals surface area contributed by atoms with Gasteiger partial charge in [-0.2, -0.15) is 0 Å². The molecule has 0 N–H and O–H groups in total. The van der Waals surface area contributed by atoms with Crippen LogP contribution in [0.25, 0.3) is 10.8 Å². The number of hydrogen-bond donors (Lipinski definition) is 0. The van der Waals surface area contributed by atoms with E-state index in [-0.39, 0.29) is 5.72 Å². The van der Waals surface area contributed by atoms with E-state index in [1.54, 1.807) is 0 Å². The summed E-state index contributed by atoms with van der Waals surface area (Å²) in [5.74, 6) is 1.84. The number of benzene rings is 3. The van der Waals surface area contributed by atoms with E-state index >= 15 is 0 Å². The summed E-state index contributed by atoms with van der Waals surface area (Å²) >= 11 is 0. The van der Waals surface area contributed by atoms with Crippen LogP contribution in [0.5, 0.6) is 5.75 Å². The van der Waals surface area contributed by atoms with Crippen LogP contribution >= 0.6 is 0 Å². The molecule has 2 fully saturated rings. The summed E-state index contributed by atoms with van der Waals surface area (Å²) in [5, 5.41) is 2.64. The highest BCUT2D eigenvalue weighted by Gasteiger charge is 2.56. The second-order valence-corrected chi connectivity index (χ2v) is 9.35. The molecule has 3 aliphatic rings. The Morgan fingerprint density at radius 3 is 2.47 bits per heavy atom. The zero-order valence-corrected chi connectivity index (χ0v) is 17.8. The van der Waals surface area contributed by atoms with Gasteiger partial charge in [0, 0.05) is 50.0 Å². The van der Waals surface area contributed by atoms with E-state index in [1.165, 1.54) is 34.7 Å². The predicted octanol–water partition coefficient (Wildman–Crippen LogP) is 5.11. The molecular formula is C27H30N2O. The molecule has 0 spiro atoms. The van der Waals surface area contributed by atoms with Crippen LogP contribution in [0, 0.1) is 5.92 Å². The van der Waals surface area contributed by atoms with Crippen molar-refractivity contribution in [2.75, 3.05) is 33.2 Å². The summed E-state index contributed by atoms with van der Waals surface area (Å²) in [7, 11) is 2.27. The minimum Gasteiger partial charge on any atom is -0.472 e. The van der Waals surface area contributed by atoms with Crippen LogP contribution in [0.2, 0.25) is 0 Å². The zero-order chi connectivity index (χ0) is 20.1. The molecule has 0 saturated carbocycles. The van der Waals surface area contributed by atoms with Crippen LogP contribution in [-0.2, 0) is 0 Å². The van der Waals surface area contributed by atoms with Crippen molar-refractivity contribution in [1.29, 1.82) is 0 Å². The maximum atomic E-state index is 7.11. The van der Waals surface area contributed by atoms with Crippen LogP contribution < -0.4 is 4.74 Å². The third-order valence-electron chi connectivity index (χ3n) is 7.67. The lowest BCUT2D eigenvalue weighted by Crippen LogP contribution is -2.66. The van der Waals surface area contributed by atoms with E-state index in [9.17, 15) is 0 Å². The van der Waals surface area contributed by atoms with E-state index in [4.69, 9.17) is 4.74 Å². The monoisotopic (exact) mass is 398 g/mol. The first-order valence-corrected chi connectivity index (χ1v) is 11.5. The number of hydrogen-bond acceptors (Lipinski definition) is 3. The van der Waals surface area contributed by atoms with Gasteiger partial charge in [-0.3, -0.25) is 4.90 Å². The molecule has 30 heavy (non-hydrogen) atoms. The van der Waals surface area contributed by atoms with Gasteiger partial charge in [-0.1, -0.05) is 60.7 Å². The molecule has 0 bridgehead atoms. The molecule has 154 valence electrons. The van der Waals surface area contributed by atoms with Gasteiger partial charge in [-0.05, 0) is 42.3 Å². The SMILES string of the molecule is CN1CCC2(N3CCCC3)Oc3ccc4ccccc4c3C(c3ccccc3)C2C1. The number of ether oxygens (including phenoxy) is 1. The Hall–Kier alpha value is -2.36. The number of fused-ring (bicyclic) bond motifs is 4. The minimum absolute atomic E-state index is 0.195. The largest absolute Gasteiger partial charge is 0.472 e. The maximum Gasteiger partial charge on any atom is 0.169 e. The van der Waals surface area contributed by atoms with E-state index in [2.05, 4.69) is 83.6 Å². The van der Waals surface area contributed by atoms with Gasteiger partial charge in [-0.25, -0.2) is 0 Å². The first-order chi connectivity index (χ1) is 14.8. The maximum absolute atomic E-state index is 7.11. The Balaban J connectivity index is 1.62. The molecule has 3 aliphatic heterocycles. The van der Waals surface area contributed by atoms with Crippen molar-refractivity contribution in [3.8, 4) is 5.75 Å². The number of rotatable bonds is 2. The summed E-state index contributed by atoms with van der Waals surface area (Å²) in [6.45, 7) is 4.48. The molecule has 0 radical (unpaired) electrons. The second-order valence-electron chi connectivity index (χ2n) is 9.35. The Labute approximate surface area is 179 Å². The van der Waals surface area contributed by atoms with E-state index in [0.29, 0.717) is 11.8 Å². The lowest BCUT2D eigenvalue weighted by Gasteiger charge is -2.57. The third kappa shape index (κ3) is 2.72. The fourth-order valence-corrected chi connectivity index (χ4v) is 6.29. The molecule has 3 aromatic rings. The average Bonchev–Trinajstić information content (AvgIpc) is 3.34. The molecule has 0 amide bonds. The molecule has 3 heteroatoms. The van der Waals surface area contributed by atoms with Crippen molar-refractivity contribution in [1.82, 2.24) is 9.80 Å². The minimum atomic E-state index is -0.195. The predicted molar refractivity (Wildman–Crippen MR) is 122 cm³/mol. The molecule has 3 atom stereocenters. The van der Waals surface area contributed by atoms with Gasteiger partial charge in [-0.15, -0.1) is 0 Å². The van der Waals surface area contributed by atoms with Crippen LogP contribution in [0.3, 0.4) is 0 Å². The van der Waals surface area contributed by atoms with Gasteiger partial charge in [0.2, 0.25) is 0 Å². The highest BCUT2D eigenvalue weighted by atomic mass is 16.5. The van der Waals surface area contributed by atoms with Gasteiger partial charge in [0.05, 0.1) is 0 Å².